The number of fused-ring (bicyclic) bond motifs is 3. The zero-order valence-corrected chi connectivity index (χ0v) is 15.7. The van der Waals surface area contributed by atoms with E-state index in [0.29, 0.717) is 0 Å². The molecule has 1 aromatic heterocycles. The summed E-state index contributed by atoms with van der Waals surface area (Å²) in [5.41, 5.74) is 3.77. The Bertz CT molecular complexity index is 984. The fourth-order valence-electron chi connectivity index (χ4n) is 3.40. The highest BCUT2D eigenvalue weighted by atomic mass is 32.3. The van der Waals surface area contributed by atoms with Crippen LogP contribution in [-0.4, -0.2) is 29.6 Å². The number of benzene rings is 3. The van der Waals surface area contributed by atoms with Crippen LogP contribution in [-0.2, 0) is 0 Å². The Morgan fingerprint density at radius 3 is 1.50 bits per heavy atom. The number of nitrogens with zero attached hydrogens (tertiary/aromatic N) is 1. The third-order valence-electron chi connectivity index (χ3n) is 4.72. The number of rotatable bonds is 2. The summed E-state index contributed by atoms with van der Waals surface area (Å²) < 4.78 is 2.38. The molecule has 0 unspecified atom stereocenters. The SMILES string of the molecule is C[SH](C)(C)(C)c1ccc(-n2c3ccccc3c3ccccc32)cc1. The molecule has 1 heterocycles. The molecule has 0 aliphatic carbocycles. The molecule has 0 aliphatic heterocycles. The van der Waals surface area contributed by atoms with Crippen LogP contribution in [0, 0.1) is 0 Å². The standard InChI is InChI=1S/C22H25NS/c1-24(2,3,4)18-15-13-17(14-16-18)23-21-11-7-5-9-19(21)20-10-6-8-12-22(20)23/h5-16,24H,1-4H3. The molecule has 3 aromatic carbocycles. The first-order valence-electron chi connectivity index (χ1n) is 8.41. The van der Waals surface area contributed by atoms with E-state index in [0.717, 1.165) is 0 Å². The Hall–Kier alpha value is -2.19. The molecular weight excluding hydrogens is 310 g/mol. The summed E-state index contributed by atoms with van der Waals surface area (Å²) in [6.07, 6.45) is 9.62. The number of para-hydroxylation sites is 2. The lowest BCUT2D eigenvalue weighted by molar-refractivity contribution is 1.17. The fourth-order valence-corrected chi connectivity index (χ4v) is 4.74. The second kappa shape index (κ2) is 4.90. The van der Waals surface area contributed by atoms with Crippen LogP contribution < -0.4 is 0 Å². The lowest BCUT2D eigenvalue weighted by atomic mass is 10.2. The predicted molar refractivity (Wildman–Crippen MR) is 112 cm³/mol. The minimum Gasteiger partial charge on any atom is -0.309 e. The van der Waals surface area contributed by atoms with Gasteiger partial charge in [0.15, 0.2) is 0 Å². The van der Waals surface area contributed by atoms with Gasteiger partial charge in [-0.2, -0.15) is 0 Å². The lowest BCUT2D eigenvalue weighted by Gasteiger charge is -2.47. The van der Waals surface area contributed by atoms with Crippen molar-refractivity contribution in [1.82, 2.24) is 4.57 Å². The number of thiol groups is 1. The molecule has 1 nitrogen and oxygen atoms in total. The number of hydrogen-bond acceptors (Lipinski definition) is 0. The average molecular weight is 336 g/mol. The molecule has 0 fully saturated rings. The van der Waals surface area contributed by atoms with E-state index in [1.165, 1.54) is 32.4 Å². The van der Waals surface area contributed by atoms with Crippen LogP contribution >= 0.6 is 9.16 Å². The molecule has 0 N–H and O–H groups in total. The molecule has 24 heavy (non-hydrogen) atoms. The zero-order chi connectivity index (χ0) is 17.0. The first-order valence-corrected chi connectivity index (χ1v) is 12.4. The highest BCUT2D eigenvalue weighted by molar-refractivity contribution is 8.47. The van der Waals surface area contributed by atoms with Gasteiger partial charge in [-0.15, -0.1) is 0 Å². The van der Waals surface area contributed by atoms with Gasteiger partial charge < -0.3 is 4.57 Å². The first-order chi connectivity index (χ1) is 11.3. The Kier molecular flexibility index (Phi) is 3.14. The van der Waals surface area contributed by atoms with Crippen molar-refractivity contribution < 1.29 is 0 Å². The lowest BCUT2D eigenvalue weighted by Crippen LogP contribution is -2.10. The van der Waals surface area contributed by atoms with Gasteiger partial charge in [0, 0.05) is 16.5 Å². The molecule has 2 heteroatoms. The van der Waals surface area contributed by atoms with Crippen LogP contribution in [0.1, 0.15) is 0 Å². The smallest absolute Gasteiger partial charge is 0.0541 e. The highest BCUT2D eigenvalue weighted by Crippen LogP contribution is 2.63. The molecule has 4 rings (SSSR count). The monoisotopic (exact) mass is 335 g/mol. The minimum atomic E-state index is -1.73. The van der Waals surface area contributed by atoms with E-state index in [1.54, 1.807) is 0 Å². The Morgan fingerprint density at radius 2 is 1.04 bits per heavy atom. The largest absolute Gasteiger partial charge is 0.309 e. The zero-order valence-electron chi connectivity index (χ0n) is 14.8. The molecule has 0 saturated carbocycles. The molecule has 4 aromatic rings. The maximum Gasteiger partial charge on any atom is 0.0541 e. The summed E-state index contributed by atoms with van der Waals surface area (Å²) in [6.45, 7) is 0. The summed E-state index contributed by atoms with van der Waals surface area (Å²) in [7, 11) is -1.73. The van der Waals surface area contributed by atoms with Crippen LogP contribution in [0.2, 0.25) is 0 Å². The summed E-state index contributed by atoms with van der Waals surface area (Å²) in [6, 6.07) is 26.5. The van der Waals surface area contributed by atoms with Gasteiger partial charge in [-0.25, -0.2) is 0 Å². The van der Waals surface area contributed by atoms with Gasteiger partial charge in [0.05, 0.1) is 11.0 Å². The molecule has 0 radical (unpaired) electrons. The summed E-state index contributed by atoms with van der Waals surface area (Å²) in [5, 5.41) is 2.63. The van der Waals surface area contributed by atoms with Gasteiger partial charge in [0.1, 0.15) is 0 Å². The minimum absolute atomic E-state index is 1.23. The Morgan fingerprint density at radius 1 is 0.583 bits per heavy atom. The van der Waals surface area contributed by atoms with Gasteiger partial charge >= 0.3 is 0 Å². The second-order valence-corrected chi connectivity index (χ2v) is 16.1. The highest BCUT2D eigenvalue weighted by Gasteiger charge is 2.21. The van der Waals surface area contributed by atoms with E-state index >= 15 is 0 Å². The summed E-state index contributed by atoms with van der Waals surface area (Å²) >= 11 is 0. The van der Waals surface area contributed by atoms with E-state index in [-0.39, 0.29) is 0 Å². The molecule has 0 atom stereocenters. The predicted octanol–water partition coefficient (Wildman–Crippen LogP) is 5.73. The van der Waals surface area contributed by atoms with Gasteiger partial charge in [0.25, 0.3) is 0 Å². The Labute approximate surface area is 144 Å². The van der Waals surface area contributed by atoms with Crippen LogP contribution in [0.4, 0.5) is 0 Å². The molecule has 0 spiro atoms. The summed E-state index contributed by atoms with van der Waals surface area (Å²) in [5.74, 6) is 0. The van der Waals surface area contributed by atoms with E-state index in [4.69, 9.17) is 0 Å². The van der Waals surface area contributed by atoms with Crippen molar-refractivity contribution >= 4 is 31.0 Å². The Balaban J connectivity index is 1.99. The van der Waals surface area contributed by atoms with E-state index in [9.17, 15) is 0 Å². The van der Waals surface area contributed by atoms with Crippen molar-refractivity contribution in [2.75, 3.05) is 25.0 Å². The molecular formula is C22H25NS. The number of hydrogen-bond donors (Lipinski definition) is 1. The van der Waals surface area contributed by atoms with Gasteiger partial charge in [-0.1, -0.05) is 36.4 Å². The van der Waals surface area contributed by atoms with E-state index < -0.39 is 9.16 Å². The van der Waals surface area contributed by atoms with Gasteiger partial charge in [-0.3, -0.25) is 9.16 Å². The molecule has 124 valence electrons. The van der Waals surface area contributed by atoms with E-state index in [2.05, 4.69) is 102 Å². The second-order valence-electron chi connectivity index (χ2n) is 8.46. The summed E-state index contributed by atoms with van der Waals surface area (Å²) in [4.78, 5) is 1.48. The average Bonchev–Trinajstić information content (AvgIpc) is 2.88. The van der Waals surface area contributed by atoms with Gasteiger partial charge in [0.2, 0.25) is 0 Å². The third kappa shape index (κ3) is 2.42. The van der Waals surface area contributed by atoms with E-state index in [1.807, 2.05) is 0 Å². The van der Waals surface area contributed by atoms with Crippen molar-refractivity contribution in [3.05, 3.63) is 72.8 Å². The maximum absolute atomic E-state index is 2.40. The van der Waals surface area contributed by atoms with Crippen molar-refractivity contribution in [3.8, 4) is 5.69 Å². The molecule has 0 aliphatic rings. The van der Waals surface area contributed by atoms with Crippen LogP contribution in [0.25, 0.3) is 27.5 Å². The fraction of sp³-hybridized carbons (Fsp3) is 0.182. The number of aromatic nitrogens is 1. The van der Waals surface area contributed by atoms with Crippen molar-refractivity contribution in [2.24, 2.45) is 0 Å². The quantitative estimate of drug-likeness (QED) is 0.446. The topological polar surface area (TPSA) is 4.93 Å². The molecule has 0 bridgehead atoms. The van der Waals surface area contributed by atoms with Crippen molar-refractivity contribution in [1.29, 1.82) is 0 Å². The first kappa shape index (κ1) is 15.3. The van der Waals surface area contributed by atoms with Crippen LogP contribution in [0.5, 0.6) is 0 Å². The van der Waals surface area contributed by atoms with Crippen LogP contribution in [0.15, 0.2) is 77.7 Å². The van der Waals surface area contributed by atoms with Crippen molar-refractivity contribution in [2.45, 2.75) is 4.90 Å². The maximum atomic E-state index is 2.40. The van der Waals surface area contributed by atoms with Crippen molar-refractivity contribution in [3.63, 3.8) is 0 Å². The normalized spacial score (nSPS) is 13.9. The van der Waals surface area contributed by atoms with Crippen LogP contribution in [0.3, 0.4) is 0 Å². The molecule has 0 amide bonds. The third-order valence-corrected chi connectivity index (χ3v) is 7.08. The van der Waals surface area contributed by atoms with Gasteiger partial charge in [-0.05, 0) is 66.3 Å². The molecule has 0 saturated heterocycles.